The van der Waals surface area contributed by atoms with Gasteiger partial charge in [0.05, 0.1) is 18.1 Å². The van der Waals surface area contributed by atoms with E-state index in [1.54, 1.807) is 0 Å². The van der Waals surface area contributed by atoms with E-state index in [-0.39, 0.29) is 23.5 Å². The average Bonchev–Trinajstić information content (AvgIpc) is 3.11. The number of hydrogen-bond acceptors (Lipinski definition) is 5. The lowest BCUT2D eigenvalue weighted by Crippen LogP contribution is -2.44. The molecule has 0 N–H and O–H groups in total. The number of carbonyl (C=O) groups is 1. The molecular formula is C17H31N3O3S. The van der Waals surface area contributed by atoms with Gasteiger partial charge in [-0.2, -0.15) is 0 Å². The molecule has 6 nitrogen and oxygen atoms in total. The van der Waals surface area contributed by atoms with Crippen LogP contribution in [0.25, 0.3) is 0 Å². The van der Waals surface area contributed by atoms with Crippen LogP contribution in [-0.2, 0) is 14.6 Å². The fourth-order valence-corrected chi connectivity index (χ4v) is 6.19. The standard InChI is InChI=1S/C17H31N3O3S/c1-18(16-7-12-24(22,23)14-16)13-17(21)20-9-4-8-19(10-11-20)15-5-2-3-6-15/h15-16H,2-14H2,1H3/t16-/m1/s1. The molecule has 24 heavy (non-hydrogen) atoms. The number of nitrogens with zero attached hydrogens (tertiary/aromatic N) is 3. The Kier molecular flexibility index (Phi) is 5.82. The van der Waals surface area contributed by atoms with Crippen molar-refractivity contribution in [3.8, 4) is 0 Å². The smallest absolute Gasteiger partial charge is 0.236 e. The molecule has 0 spiro atoms. The molecule has 0 bridgehead atoms. The summed E-state index contributed by atoms with van der Waals surface area (Å²) in [6.07, 6.45) is 7.02. The van der Waals surface area contributed by atoms with Crippen molar-refractivity contribution >= 4 is 15.7 Å². The maximum absolute atomic E-state index is 12.6. The molecule has 3 aliphatic rings. The van der Waals surface area contributed by atoms with Gasteiger partial charge in [0.1, 0.15) is 0 Å². The summed E-state index contributed by atoms with van der Waals surface area (Å²) in [5.41, 5.74) is 0. The van der Waals surface area contributed by atoms with E-state index in [9.17, 15) is 13.2 Å². The molecule has 3 rings (SSSR count). The van der Waals surface area contributed by atoms with Crippen molar-refractivity contribution in [1.29, 1.82) is 0 Å². The zero-order chi connectivity index (χ0) is 17.2. The van der Waals surface area contributed by atoms with E-state index in [0.717, 1.165) is 38.6 Å². The van der Waals surface area contributed by atoms with Crippen molar-refractivity contribution in [1.82, 2.24) is 14.7 Å². The highest BCUT2D eigenvalue weighted by molar-refractivity contribution is 7.91. The quantitative estimate of drug-likeness (QED) is 0.737. The lowest BCUT2D eigenvalue weighted by molar-refractivity contribution is -0.132. The number of rotatable bonds is 4. The molecule has 1 atom stereocenters. The Hall–Kier alpha value is -0.660. The molecule has 0 aromatic rings. The molecule has 7 heteroatoms. The van der Waals surface area contributed by atoms with E-state index in [1.807, 2.05) is 16.8 Å². The van der Waals surface area contributed by atoms with Gasteiger partial charge in [0, 0.05) is 38.3 Å². The molecular weight excluding hydrogens is 326 g/mol. The van der Waals surface area contributed by atoms with Crippen molar-refractivity contribution in [2.45, 2.75) is 50.6 Å². The predicted octanol–water partition coefficient (Wildman–Crippen LogP) is 0.582. The highest BCUT2D eigenvalue weighted by Crippen LogP contribution is 2.24. The number of amides is 1. The number of sulfone groups is 1. The molecule has 0 radical (unpaired) electrons. The Bertz CT molecular complexity index is 545. The first kappa shape index (κ1) is 18.1. The second-order valence-electron chi connectivity index (χ2n) is 7.68. The van der Waals surface area contributed by atoms with Crippen LogP contribution in [0.3, 0.4) is 0 Å². The van der Waals surface area contributed by atoms with E-state index in [4.69, 9.17) is 0 Å². The van der Waals surface area contributed by atoms with Gasteiger partial charge in [-0.15, -0.1) is 0 Å². The highest BCUT2D eigenvalue weighted by atomic mass is 32.2. The Morgan fingerprint density at radius 3 is 2.46 bits per heavy atom. The van der Waals surface area contributed by atoms with Crippen LogP contribution in [-0.4, -0.2) is 92.4 Å². The minimum Gasteiger partial charge on any atom is -0.340 e. The number of hydrogen-bond donors (Lipinski definition) is 0. The first-order chi connectivity index (χ1) is 11.4. The molecule has 0 unspecified atom stereocenters. The van der Waals surface area contributed by atoms with Gasteiger partial charge in [-0.1, -0.05) is 12.8 Å². The van der Waals surface area contributed by atoms with Gasteiger partial charge in [0.2, 0.25) is 5.91 Å². The van der Waals surface area contributed by atoms with Gasteiger partial charge >= 0.3 is 0 Å². The van der Waals surface area contributed by atoms with Crippen LogP contribution < -0.4 is 0 Å². The van der Waals surface area contributed by atoms with Crippen molar-refractivity contribution in [2.75, 3.05) is 51.3 Å². The van der Waals surface area contributed by atoms with Crippen LogP contribution >= 0.6 is 0 Å². The first-order valence-electron chi connectivity index (χ1n) is 9.37. The largest absolute Gasteiger partial charge is 0.340 e. The van der Waals surface area contributed by atoms with Crippen molar-refractivity contribution in [3.05, 3.63) is 0 Å². The Balaban J connectivity index is 1.48. The summed E-state index contributed by atoms with van der Waals surface area (Å²) >= 11 is 0. The van der Waals surface area contributed by atoms with Crippen molar-refractivity contribution < 1.29 is 13.2 Å². The van der Waals surface area contributed by atoms with Gasteiger partial charge in [-0.3, -0.25) is 14.6 Å². The minimum absolute atomic E-state index is 0.000848. The molecule has 0 aromatic heterocycles. The summed E-state index contributed by atoms with van der Waals surface area (Å²) < 4.78 is 23.2. The molecule has 2 heterocycles. The lowest BCUT2D eigenvalue weighted by Gasteiger charge is -2.28. The molecule has 1 amide bonds. The van der Waals surface area contributed by atoms with Crippen LogP contribution in [0.2, 0.25) is 0 Å². The van der Waals surface area contributed by atoms with Crippen LogP contribution in [0.5, 0.6) is 0 Å². The number of carbonyl (C=O) groups excluding carboxylic acids is 1. The fraction of sp³-hybridized carbons (Fsp3) is 0.941. The van der Waals surface area contributed by atoms with Gasteiger partial charge in [-0.25, -0.2) is 8.42 Å². The van der Waals surface area contributed by atoms with E-state index in [1.165, 1.54) is 25.7 Å². The Morgan fingerprint density at radius 1 is 1.04 bits per heavy atom. The molecule has 138 valence electrons. The second kappa shape index (κ2) is 7.70. The summed E-state index contributed by atoms with van der Waals surface area (Å²) in [4.78, 5) is 19.1. The average molecular weight is 358 g/mol. The molecule has 1 aliphatic carbocycles. The van der Waals surface area contributed by atoms with Gasteiger partial charge in [0.25, 0.3) is 0 Å². The van der Waals surface area contributed by atoms with Gasteiger partial charge < -0.3 is 4.90 Å². The Morgan fingerprint density at radius 2 is 1.79 bits per heavy atom. The first-order valence-corrected chi connectivity index (χ1v) is 11.2. The molecule has 1 saturated carbocycles. The Labute approximate surface area is 146 Å². The van der Waals surface area contributed by atoms with Crippen LogP contribution in [0, 0.1) is 0 Å². The molecule has 3 fully saturated rings. The molecule has 2 aliphatic heterocycles. The maximum Gasteiger partial charge on any atom is 0.236 e. The summed E-state index contributed by atoms with van der Waals surface area (Å²) in [5.74, 6) is 0.609. The van der Waals surface area contributed by atoms with E-state index in [2.05, 4.69) is 4.90 Å². The maximum atomic E-state index is 12.6. The van der Waals surface area contributed by atoms with E-state index in [0.29, 0.717) is 13.0 Å². The summed E-state index contributed by atoms with van der Waals surface area (Å²) in [6, 6.07) is 0.729. The van der Waals surface area contributed by atoms with Gasteiger partial charge in [-0.05, 0) is 32.7 Å². The normalized spacial score (nSPS) is 29.2. The topological polar surface area (TPSA) is 60.9 Å². The second-order valence-corrected chi connectivity index (χ2v) is 9.91. The molecule has 2 saturated heterocycles. The van der Waals surface area contributed by atoms with Gasteiger partial charge in [0.15, 0.2) is 9.84 Å². The van der Waals surface area contributed by atoms with E-state index < -0.39 is 9.84 Å². The summed E-state index contributed by atoms with van der Waals surface area (Å²) in [7, 11) is -1.02. The number of likely N-dealkylation sites (N-methyl/N-ethyl adjacent to an activating group) is 1. The monoisotopic (exact) mass is 357 g/mol. The third-order valence-electron chi connectivity index (χ3n) is 5.94. The predicted molar refractivity (Wildman–Crippen MR) is 94.7 cm³/mol. The highest BCUT2D eigenvalue weighted by Gasteiger charge is 2.32. The third-order valence-corrected chi connectivity index (χ3v) is 7.69. The van der Waals surface area contributed by atoms with Crippen LogP contribution in [0.4, 0.5) is 0 Å². The van der Waals surface area contributed by atoms with Crippen molar-refractivity contribution in [2.24, 2.45) is 0 Å². The van der Waals surface area contributed by atoms with Crippen LogP contribution in [0.15, 0.2) is 0 Å². The third kappa shape index (κ3) is 4.49. The lowest BCUT2D eigenvalue weighted by atomic mass is 10.2. The summed E-state index contributed by atoms with van der Waals surface area (Å²) in [6.45, 7) is 4.07. The minimum atomic E-state index is -2.90. The zero-order valence-electron chi connectivity index (χ0n) is 14.8. The summed E-state index contributed by atoms with van der Waals surface area (Å²) in [5, 5.41) is 0. The van der Waals surface area contributed by atoms with E-state index >= 15 is 0 Å². The van der Waals surface area contributed by atoms with Crippen molar-refractivity contribution in [3.63, 3.8) is 0 Å². The molecule has 0 aromatic carbocycles. The zero-order valence-corrected chi connectivity index (χ0v) is 15.6. The van der Waals surface area contributed by atoms with Crippen LogP contribution in [0.1, 0.15) is 38.5 Å². The fourth-order valence-electron chi connectivity index (χ4n) is 4.39. The SMILES string of the molecule is CN(CC(=O)N1CCCN(C2CCCC2)CC1)[C@@H]1CCS(=O)(=O)C1.